The summed E-state index contributed by atoms with van der Waals surface area (Å²) in [6, 6.07) is 10.5. The molecule has 0 spiro atoms. The Morgan fingerprint density at radius 2 is 1.63 bits per heavy atom. The molecule has 0 radical (unpaired) electrons. The summed E-state index contributed by atoms with van der Waals surface area (Å²) in [4.78, 5) is 0. The molecule has 0 aromatic heterocycles. The normalized spacial score (nSPS) is 15.5. The van der Waals surface area contributed by atoms with Crippen LogP contribution in [-0.2, 0) is 6.42 Å². The van der Waals surface area contributed by atoms with Crippen LogP contribution < -0.4 is 0 Å². The Bertz CT molecular complexity index is 357. The third-order valence-electron chi connectivity index (χ3n) is 4.15. The fourth-order valence-corrected chi connectivity index (χ4v) is 5.28. The van der Waals surface area contributed by atoms with Gasteiger partial charge in [-0.1, -0.05) is 65.0 Å². The van der Waals surface area contributed by atoms with Crippen molar-refractivity contribution < 1.29 is 5.11 Å². The summed E-state index contributed by atoms with van der Waals surface area (Å²) < 4.78 is 0. The van der Waals surface area contributed by atoms with Crippen molar-refractivity contribution in [2.75, 3.05) is 12.3 Å². The van der Waals surface area contributed by atoms with Gasteiger partial charge in [-0.25, -0.2) is 0 Å². The molecule has 0 amide bonds. The standard InChI is InChI=1S/C17H29OP/c1-6-19(7-2)14(3)16(18)17(4,5)13-15-11-9-8-10-12-15/h8-12,14,16,18H,6-7,13H2,1-5H3/t14-,16-/m1/s1. The molecule has 1 N–H and O–H groups in total. The fraction of sp³-hybridized carbons (Fsp3) is 0.647. The lowest BCUT2D eigenvalue weighted by Crippen LogP contribution is -2.39. The first-order chi connectivity index (χ1) is 8.92. The second-order valence-corrected chi connectivity index (χ2v) is 9.31. The summed E-state index contributed by atoms with van der Waals surface area (Å²) in [5.74, 6) is 0. The fourth-order valence-electron chi connectivity index (χ4n) is 2.88. The van der Waals surface area contributed by atoms with E-state index in [2.05, 4.69) is 58.9 Å². The lowest BCUT2D eigenvalue weighted by Gasteiger charge is -2.38. The molecule has 1 aromatic carbocycles. The monoisotopic (exact) mass is 280 g/mol. The van der Waals surface area contributed by atoms with Crippen LogP contribution in [0.25, 0.3) is 0 Å². The van der Waals surface area contributed by atoms with Crippen molar-refractivity contribution in [1.82, 2.24) is 0 Å². The van der Waals surface area contributed by atoms with Crippen LogP contribution in [0.4, 0.5) is 0 Å². The van der Waals surface area contributed by atoms with Gasteiger partial charge in [0.2, 0.25) is 0 Å². The van der Waals surface area contributed by atoms with Crippen LogP contribution in [0, 0.1) is 5.41 Å². The lowest BCUT2D eigenvalue weighted by atomic mass is 9.79. The average molecular weight is 280 g/mol. The van der Waals surface area contributed by atoms with E-state index in [0.717, 1.165) is 6.42 Å². The summed E-state index contributed by atoms with van der Waals surface area (Å²) >= 11 is 0. The predicted octanol–water partition coefficient (Wildman–Crippen LogP) is 4.53. The molecule has 0 fully saturated rings. The highest BCUT2D eigenvalue weighted by molar-refractivity contribution is 7.58. The zero-order chi connectivity index (χ0) is 14.5. The maximum absolute atomic E-state index is 10.8. The Labute approximate surface area is 120 Å². The maximum atomic E-state index is 10.8. The zero-order valence-electron chi connectivity index (χ0n) is 13.1. The van der Waals surface area contributed by atoms with Gasteiger partial charge < -0.3 is 5.11 Å². The van der Waals surface area contributed by atoms with Crippen molar-refractivity contribution in [2.45, 2.75) is 52.8 Å². The van der Waals surface area contributed by atoms with Gasteiger partial charge in [-0.2, -0.15) is 0 Å². The quantitative estimate of drug-likeness (QED) is 0.728. The van der Waals surface area contributed by atoms with Crippen molar-refractivity contribution in [3.05, 3.63) is 35.9 Å². The largest absolute Gasteiger partial charge is 0.392 e. The van der Waals surface area contributed by atoms with Crippen LogP contribution in [0.2, 0.25) is 0 Å². The van der Waals surface area contributed by atoms with E-state index in [1.165, 1.54) is 17.9 Å². The lowest BCUT2D eigenvalue weighted by molar-refractivity contribution is 0.0507. The molecule has 0 aliphatic heterocycles. The molecule has 0 aliphatic rings. The molecule has 0 aliphatic carbocycles. The zero-order valence-corrected chi connectivity index (χ0v) is 14.0. The Kier molecular flexibility index (Phi) is 6.50. The molecular weight excluding hydrogens is 251 g/mol. The number of aliphatic hydroxyl groups is 1. The molecule has 0 bridgehead atoms. The van der Waals surface area contributed by atoms with Crippen LogP contribution in [-0.4, -0.2) is 29.2 Å². The maximum Gasteiger partial charge on any atom is 0.0658 e. The molecule has 2 atom stereocenters. The molecule has 2 heteroatoms. The van der Waals surface area contributed by atoms with Crippen molar-refractivity contribution in [3.63, 3.8) is 0 Å². The van der Waals surface area contributed by atoms with E-state index >= 15 is 0 Å². The van der Waals surface area contributed by atoms with Gasteiger partial charge in [-0.05, 0) is 29.7 Å². The molecule has 1 aromatic rings. The minimum absolute atomic E-state index is 0.0457. The first-order valence-electron chi connectivity index (χ1n) is 7.38. The van der Waals surface area contributed by atoms with Gasteiger partial charge in [-0.3, -0.25) is 0 Å². The number of hydrogen-bond acceptors (Lipinski definition) is 1. The summed E-state index contributed by atoms with van der Waals surface area (Å²) in [7, 11) is -0.0457. The van der Waals surface area contributed by atoms with Crippen LogP contribution in [0.15, 0.2) is 30.3 Å². The van der Waals surface area contributed by atoms with Gasteiger partial charge in [-0.15, -0.1) is 7.92 Å². The molecule has 108 valence electrons. The van der Waals surface area contributed by atoms with Gasteiger partial charge in [0.25, 0.3) is 0 Å². The highest BCUT2D eigenvalue weighted by atomic mass is 31.1. The van der Waals surface area contributed by atoms with Gasteiger partial charge in [0.05, 0.1) is 6.10 Å². The van der Waals surface area contributed by atoms with E-state index in [1.54, 1.807) is 0 Å². The molecule has 0 saturated carbocycles. The predicted molar refractivity (Wildman–Crippen MR) is 87.4 cm³/mol. The summed E-state index contributed by atoms with van der Waals surface area (Å²) in [5, 5.41) is 10.8. The third-order valence-corrected chi connectivity index (χ3v) is 7.21. The average Bonchev–Trinajstić information content (AvgIpc) is 2.39. The minimum atomic E-state index is -0.223. The van der Waals surface area contributed by atoms with Crippen LogP contribution in [0.1, 0.15) is 40.2 Å². The Morgan fingerprint density at radius 1 is 1.11 bits per heavy atom. The van der Waals surface area contributed by atoms with Gasteiger partial charge in [0.15, 0.2) is 0 Å². The molecule has 19 heavy (non-hydrogen) atoms. The summed E-state index contributed by atoms with van der Waals surface area (Å²) in [6.07, 6.45) is 3.14. The second-order valence-electron chi connectivity index (χ2n) is 6.06. The molecule has 1 nitrogen and oxygen atoms in total. The highest BCUT2D eigenvalue weighted by Crippen LogP contribution is 2.45. The Hall–Kier alpha value is -0.390. The van der Waals surface area contributed by atoms with E-state index in [9.17, 15) is 5.11 Å². The Balaban J connectivity index is 2.75. The van der Waals surface area contributed by atoms with Crippen molar-refractivity contribution in [2.24, 2.45) is 5.41 Å². The molecular formula is C17H29OP. The first kappa shape index (κ1) is 16.7. The SMILES string of the molecule is CCP(CC)[C@H](C)[C@@H](O)C(C)(C)Cc1ccccc1. The van der Waals surface area contributed by atoms with E-state index in [1.807, 2.05) is 6.07 Å². The van der Waals surface area contributed by atoms with Crippen LogP contribution in [0.5, 0.6) is 0 Å². The van der Waals surface area contributed by atoms with Crippen LogP contribution in [0.3, 0.4) is 0 Å². The van der Waals surface area contributed by atoms with Crippen molar-refractivity contribution in [3.8, 4) is 0 Å². The smallest absolute Gasteiger partial charge is 0.0658 e. The van der Waals surface area contributed by atoms with Gasteiger partial charge in [0.1, 0.15) is 0 Å². The van der Waals surface area contributed by atoms with E-state index in [-0.39, 0.29) is 19.4 Å². The molecule has 0 unspecified atom stereocenters. The third kappa shape index (κ3) is 4.58. The number of benzene rings is 1. The first-order valence-corrected chi connectivity index (χ1v) is 9.16. The van der Waals surface area contributed by atoms with Gasteiger partial charge >= 0.3 is 0 Å². The Morgan fingerprint density at radius 3 is 2.11 bits per heavy atom. The van der Waals surface area contributed by atoms with E-state index in [4.69, 9.17) is 0 Å². The second kappa shape index (κ2) is 7.41. The topological polar surface area (TPSA) is 20.2 Å². The van der Waals surface area contributed by atoms with E-state index < -0.39 is 0 Å². The number of aliphatic hydroxyl groups excluding tert-OH is 1. The highest BCUT2D eigenvalue weighted by Gasteiger charge is 2.34. The summed E-state index contributed by atoms with van der Waals surface area (Å²) in [5.41, 5.74) is 1.67. The summed E-state index contributed by atoms with van der Waals surface area (Å²) in [6.45, 7) is 11.1. The number of hydrogen-bond donors (Lipinski definition) is 1. The van der Waals surface area contributed by atoms with Crippen molar-refractivity contribution >= 4 is 7.92 Å². The number of rotatable bonds is 7. The molecule has 0 heterocycles. The van der Waals surface area contributed by atoms with Gasteiger partial charge in [0, 0.05) is 5.66 Å². The minimum Gasteiger partial charge on any atom is -0.392 e. The van der Waals surface area contributed by atoms with E-state index in [0.29, 0.717) is 5.66 Å². The molecule has 1 rings (SSSR count). The molecule has 0 saturated heterocycles. The van der Waals surface area contributed by atoms with Crippen molar-refractivity contribution in [1.29, 1.82) is 0 Å². The van der Waals surface area contributed by atoms with Crippen LogP contribution >= 0.6 is 7.92 Å².